The summed E-state index contributed by atoms with van der Waals surface area (Å²) in [6.07, 6.45) is 2.09. The molecule has 0 fully saturated rings. The Hall–Kier alpha value is -0.726. The molecule has 1 aromatic rings. The zero-order chi connectivity index (χ0) is 12.3. The maximum Gasteiger partial charge on any atom is 2.00 e. The molecule has 1 radical (unpaired) electrons. The number of benzene rings is 1. The van der Waals surface area contributed by atoms with Gasteiger partial charge in [0.2, 0.25) is 0 Å². The molecule has 89 valence electrons. The molecule has 0 aromatic heterocycles. The summed E-state index contributed by atoms with van der Waals surface area (Å²) in [5, 5.41) is 9.11. The fraction of sp³-hybridized carbons (Fsp3) is 0.385. The van der Waals surface area contributed by atoms with Crippen molar-refractivity contribution in [2.24, 2.45) is 0 Å². The molecule has 0 aliphatic carbocycles. The van der Waals surface area contributed by atoms with Crippen LogP contribution in [0.1, 0.15) is 31.9 Å². The van der Waals surface area contributed by atoms with E-state index in [2.05, 4.69) is 6.92 Å². The number of hydrogen-bond acceptors (Lipinski definition) is 2. The standard InChI is InChI=1S/C9H9O2.C2H6.C2H5.V/c1-7-6-8(4-5-10)2-3-9(7)11;2*1-2;/h2-3,6,11H,4H2,1H3;1-2H3;1H2,2H3;/q-1;;-1;+2. The van der Waals surface area contributed by atoms with Crippen molar-refractivity contribution < 1.29 is 28.5 Å². The summed E-state index contributed by atoms with van der Waals surface area (Å²) >= 11 is 0. The second-order valence-corrected chi connectivity index (χ2v) is 2.44. The molecule has 0 saturated carbocycles. The maximum atomic E-state index is 9.98. The van der Waals surface area contributed by atoms with Gasteiger partial charge in [0.15, 0.2) is 0 Å². The van der Waals surface area contributed by atoms with E-state index in [-0.39, 0.29) is 24.3 Å². The van der Waals surface area contributed by atoms with Crippen LogP contribution in [0.2, 0.25) is 0 Å². The molecule has 0 unspecified atom stereocenters. The van der Waals surface area contributed by atoms with Crippen LogP contribution in [-0.2, 0) is 29.8 Å². The first-order valence-electron chi connectivity index (χ1n) is 5.08. The average molecular weight is 259 g/mol. The number of aromatic hydroxyl groups is 1. The van der Waals surface area contributed by atoms with Gasteiger partial charge in [0, 0.05) is 0 Å². The SMILES string of the molecule is CC.Cc1cc(C[C-]=O)ccc1O.[CH2-]C.[V+2]. The predicted octanol–water partition coefficient (Wildman–Crippen LogP) is 3.22. The van der Waals surface area contributed by atoms with Crippen molar-refractivity contribution in [2.75, 3.05) is 0 Å². The van der Waals surface area contributed by atoms with Crippen LogP contribution < -0.4 is 0 Å². The van der Waals surface area contributed by atoms with E-state index in [1.165, 1.54) is 0 Å². The normalized spacial score (nSPS) is 7.31. The molecular formula is C13H20O2V. The molecule has 0 aliphatic heterocycles. The Kier molecular flexibility index (Phi) is 18.4. The summed E-state index contributed by atoms with van der Waals surface area (Å²) in [7, 11) is 0. The van der Waals surface area contributed by atoms with Crippen molar-refractivity contribution in [1.29, 1.82) is 0 Å². The quantitative estimate of drug-likeness (QED) is 0.828. The molecule has 2 nitrogen and oxygen atoms in total. The van der Waals surface area contributed by atoms with Gasteiger partial charge in [-0.1, -0.05) is 31.5 Å². The van der Waals surface area contributed by atoms with Crippen LogP contribution in [0, 0.1) is 13.8 Å². The topological polar surface area (TPSA) is 37.3 Å². The van der Waals surface area contributed by atoms with Crippen LogP contribution >= 0.6 is 0 Å². The van der Waals surface area contributed by atoms with E-state index in [1.807, 2.05) is 13.8 Å². The van der Waals surface area contributed by atoms with Crippen molar-refractivity contribution in [3.8, 4) is 5.75 Å². The van der Waals surface area contributed by atoms with Crippen LogP contribution in [-0.4, -0.2) is 11.4 Å². The van der Waals surface area contributed by atoms with Gasteiger partial charge in [-0.3, -0.25) is 6.29 Å². The predicted molar refractivity (Wildman–Crippen MR) is 64.6 cm³/mol. The number of hydrogen-bond donors (Lipinski definition) is 1. The number of phenolic OH excluding ortho intramolecular Hbond substituents is 1. The van der Waals surface area contributed by atoms with Crippen molar-refractivity contribution in [3.63, 3.8) is 0 Å². The Morgan fingerprint density at radius 2 is 1.81 bits per heavy atom. The first-order chi connectivity index (χ1) is 7.24. The monoisotopic (exact) mass is 259 g/mol. The Morgan fingerprint density at radius 1 is 1.31 bits per heavy atom. The van der Waals surface area contributed by atoms with Gasteiger partial charge >= 0.3 is 18.6 Å². The van der Waals surface area contributed by atoms with E-state index in [4.69, 9.17) is 5.11 Å². The molecule has 1 aromatic carbocycles. The largest absolute Gasteiger partial charge is 2.00 e. The zero-order valence-electron chi connectivity index (χ0n) is 10.4. The number of carbonyl (C=O) groups excluding carboxylic acids is 1. The Balaban J connectivity index is -0.000000305. The minimum Gasteiger partial charge on any atom is -0.541 e. The fourth-order valence-corrected chi connectivity index (χ4v) is 0.911. The molecule has 0 saturated heterocycles. The average Bonchev–Trinajstić information content (AvgIpc) is 2.30. The molecule has 0 aliphatic rings. The Bertz CT molecular complexity index is 273. The number of rotatable bonds is 2. The smallest absolute Gasteiger partial charge is 0.541 e. The van der Waals surface area contributed by atoms with Crippen molar-refractivity contribution in [1.82, 2.24) is 0 Å². The zero-order valence-corrected chi connectivity index (χ0v) is 11.8. The molecule has 1 N–H and O–H groups in total. The summed E-state index contributed by atoms with van der Waals surface area (Å²) in [5.41, 5.74) is 1.67. The van der Waals surface area contributed by atoms with Crippen LogP contribution in [0.3, 0.4) is 0 Å². The van der Waals surface area contributed by atoms with Gasteiger partial charge in [0.25, 0.3) is 0 Å². The third-order valence-electron chi connectivity index (χ3n) is 1.54. The van der Waals surface area contributed by atoms with Gasteiger partial charge in [-0.05, 0) is 18.6 Å². The third kappa shape index (κ3) is 8.57. The summed E-state index contributed by atoms with van der Waals surface area (Å²) < 4.78 is 0. The molecule has 3 heteroatoms. The molecule has 1 rings (SSSR count). The van der Waals surface area contributed by atoms with Gasteiger partial charge in [-0.2, -0.15) is 6.92 Å². The maximum absolute atomic E-state index is 9.98. The second-order valence-electron chi connectivity index (χ2n) is 2.44. The van der Waals surface area contributed by atoms with Gasteiger partial charge in [0.05, 0.1) is 0 Å². The fourth-order valence-electron chi connectivity index (χ4n) is 0.911. The van der Waals surface area contributed by atoms with Crippen LogP contribution in [0.5, 0.6) is 5.75 Å². The summed E-state index contributed by atoms with van der Waals surface area (Å²) in [5.74, 6) is 0.264. The minimum absolute atomic E-state index is 0. The van der Waals surface area contributed by atoms with Crippen LogP contribution in [0.25, 0.3) is 0 Å². The van der Waals surface area contributed by atoms with E-state index in [0.29, 0.717) is 6.42 Å². The summed E-state index contributed by atoms with van der Waals surface area (Å²) in [6, 6.07) is 5.08. The van der Waals surface area contributed by atoms with Crippen molar-refractivity contribution in [3.05, 3.63) is 36.2 Å². The second kappa shape index (κ2) is 14.3. The van der Waals surface area contributed by atoms with Gasteiger partial charge in [-0.25, -0.2) is 0 Å². The molecule has 0 amide bonds. The summed E-state index contributed by atoms with van der Waals surface area (Å²) in [4.78, 5) is 9.98. The van der Waals surface area contributed by atoms with E-state index in [0.717, 1.165) is 11.1 Å². The Morgan fingerprint density at radius 3 is 2.19 bits per heavy atom. The molecule has 0 spiro atoms. The van der Waals surface area contributed by atoms with Crippen molar-refractivity contribution in [2.45, 2.75) is 34.1 Å². The third-order valence-corrected chi connectivity index (χ3v) is 1.54. The van der Waals surface area contributed by atoms with E-state index < -0.39 is 0 Å². The number of aryl methyl sites for hydroxylation is 1. The summed E-state index contributed by atoms with van der Waals surface area (Å²) in [6.45, 7) is 10.8. The molecule has 0 heterocycles. The van der Waals surface area contributed by atoms with Gasteiger partial charge in [-0.15, -0.1) is 6.42 Å². The van der Waals surface area contributed by atoms with Crippen LogP contribution in [0.15, 0.2) is 18.2 Å². The molecule has 0 atom stereocenters. The van der Waals surface area contributed by atoms with Gasteiger partial charge in [0.1, 0.15) is 5.75 Å². The molecule has 0 bridgehead atoms. The molecule has 16 heavy (non-hydrogen) atoms. The number of phenols is 1. The van der Waals surface area contributed by atoms with Gasteiger partial charge < -0.3 is 16.8 Å². The molecular weight excluding hydrogens is 239 g/mol. The van der Waals surface area contributed by atoms with E-state index >= 15 is 0 Å². The van der Waals surface area contributed by atoms with Crippen molar-refractivity contribution >= 4 is 6.29 Å². The minimum atomic E-state index is 0. The van der Waals surface area contributed by atoms with E-state index in [1.54, 1.807) is 38.3 Å². The van der Waals surface area contributed by atoms with Crippen LogP contribution in [0.4, 0.5) is 0 Å². The first-order valence-corrected chi connectivity index (χ1v) is 5.08. The first kappa shape index (κ1) is 20.7. The Labute approximate surface area is 111 Å². The van der Waals surface area contributed by atoms with E-state index in [9.17, 15) is 4.79 Å².